The molecule has 0 unspecified atom stereocenters. The summed E-state index contributed by atoms with van der Waals surface area (Å²) in [6.45, 7) is 14.0. The smallest absolute Gasteiger partial charge is 0.0961 e. The highest BCUT2D eigenvalue weighted by Crippen LogP contribution is 2.19. The molecule has 1 aromatic heterocycles. The van der Waals surface area contributed by atoms with Gasteiger partial charge in [-0.25, -0.2) is 4.98 Å². The lowest BCUT2D eigenvalue weighted by molar-refractivity contribution is 0.829. The Balaban J connectivity index is 1.89. The second-order valence-electron chi connectivity index (χ2n) is 7.78. The molecular weight excluding hydrogens is 316 g/mol. The lowest BCUT2D eigenvalue weighted by atomic mass is 10.1. The Kier molecular flexibility index (Phi) is 7.44. The molecule has 0 fully saturated rings. The lowest BCUT2D eigenvalue weighted by Crippen LogP contribution is -1.94. The molecule has 0 aliphatic rings. The largest absolute Gasteiger partial charge is 0.327 e. The molecule has 0 aliphatic heterocycles. The van der Waals surface area contributed by atoms with Crippen LogP contribution in [0.2, 0.25) is 0 Å². The van der Waals surface area contributed by atoms with Crippen LogP contribution in [0.3, 0.4) is 0 Å². The zero-order valence-corrected chi connectivity index (χ0v) is 17.4. The van der Waals surface area contributed by atoms with Gasteiger partial charge >= 0.3 is 0 Å². The first-order valence-corrected chi connectivity index (χ1v) is 9.73. The van der Waals surface area contributed by atoms with Gasteiger partial charge in [0.15, 0.2) is 0 Å². The third-order valence-electron chi connectivity index (χ3n) is 5.00. The summed E-state index contributed by atoms with van der Waals surface area (Å²) in [6, 6.07) is 4.43. The Bertz CT molecular complexity index is 827. The molecule has 0 amide bonds. The molecule has 0 spiro atoms. The average molecular weight is 351 g/mol. The Morgan fingerprint density at radius 3 is 2.19 bits per heavy atom. The van der Waals surface area contributed by atoms with Crippen LogP contribution in [0.15, 0.2) is 53.4 Å². The summed E-state index contributed by atoms with van der Waals surface area (Å²) in [5.74, 6) is 0. The van der Waals surface area contributed by atoms with E-state index in [2.05, 4.69) is 81.5 Å². The van der Waals surface area contributed by atoms with E-state index in [9.17, 15) is 0 Å². The first-order valence-electron chi connectivity index (χ1n) is 9.73. The van der Waals surface area contributed by atoms with Crippen molar-refractivity contribution in [2.45, 2.75) is 73.8 Å². The lowest BCUT2D eigenvalue weighted by Gasteiger charge is -2.05. The SMILES string of the molecule is CC(C)=CCC/C(C)=C/CC/C(C)=C/Cn1cnc2cc(C)c(C)cc21. The van der Waals surface area contributed by atoms with E-state index < -0.39 is 0 Å². The summed E-state index contributed by atoms with van der Waals surface area (Å²) in [5.41, 5.74) is 9.32. The Morgan fingerprint density at radius 2 is 1.50 bits per heavy atom. The number of nitrogens with zero attached hydrogens (tertiary/aromatic N) is 2. The van der Waals surface area contributed by atoms with Crippen LogP contribution in [0.25, 0.3) is 11.0 Å². The molecule has 2 rings (SSSR count). The predicted molar refractivity (Wildman–Crippen MR) is 115 cm³/mol. The van der Waals surface area contributed by atoms with Crippen LogP contribution in [0.1, 0.15) is 64.5 Å². The second-order valence-corrected chi connectivity index (χ2v) is 7.78. The molecule has 1 aromatic carbocycles. The van der Waals surface area contributed by atoms with Crippen molar-refractivity contribution in [1.82, 2.24) is 9.55 Å². The van der Waals surface area contributed by atoms with Gasteiger partial charge in [0.25, 0.3) is 0 Å². The van der Waals surface area contributed by atoms with Crippen molar-refractivity contribution in [3.05, 3.63) is 64.5 Å². The van der Waals surface area contributed by atoms with Crippen LogP contribution in [0, 0.1) is 13.8 Å². The number of rotatable bonds is 8. The summed E-state index contributed by atoms with van der Waals surface area (Å²) in [6.07, 6.45) is 13.6. The van der Waals surface area contributed by atoms with Gasteiger partial charge in [0.05, 0.1) is 17.4 Å². The minimum atomic E-state index is 0.897. The van der Waals surface area contributed by atoms with Gasteiger partial charge in [-0.1, -0.05) is 34.9 Å². The predicted octanol–water partition coefficient (Wildman–Crippen LogP) is 7.07. The fourth-order valence-electron chi connectivity index (χ4n) is 3.05. The van der Waals surface area contributed by atoms with Crippen molar-refractivity contribution in [3.63, 3.8) is 0 Å². The van der Waals surface area contributed by atoms with Gasteiger partial charge in [0.1, 0.15) is 0 Å². The molecule has 0 saturated carbocycles. The second kappa shape index (κ2) is 9.56. The normalized spacial score (nSPS) is 12.7. The molecule has 2 heteroatoms. The number of imidazole rings is 1. The summed E-state index contributed by atoms with van der Waals surface area (Å²) in [7, 11) is 0. The zero-order valence-electron chi connectivity index (χ0n) is 17.4. The number of benzene rings is 1. The third kappa shape index (κ3) is 6.01. The van der Waals surface area contributed by atoms with E-state index in [0.29, 0.717) is 0 Å². The first kappa shape index (κ1) is 20.2. The summed E-state index contributed by atoms with van der Waals surface area (Å²) in [5, 5.41) is 0. The standard InChI is InChI=1S/C24H34N2/c1-18(2)9-7-10-19(3)11-8-12-20(4)13-14-26-17-25-23-15-21(5)22(6)16-24(23)26/h9,11,13,15-17H,7-8,10,12,14H2,1-6H3/b19-11+,20-13+. The van der Waals surface area contributed by atoms with Gasteiger partial charge in [-0.2, -0.15) is 0 Å². The highest BCUT2D eigenvalue weighted by atomic mass is 15.0. The van der Waals surface area contributed by atoms with Crippen molar-refractivity contribution < 1.29 is 0 Å². The molecule has 0 atom stereocenters. The van der Waals surface area contributed by atoms with Crippen LogP contribution < -0.4 is 0 Å². The molecule has 2 aromatic rings. The molecular formula is C24H34N2. The van der Waals surface area contributed by atoms with Gasteiger partial charge in [0.2, 0.25) is 0 Å². The van der Waals surface area contributed by atoms with E-state index in [1.54, 1.807) is 0 Å². The fraction of sp³-hybridized carbons (Fsp3) is 0.458. The molecule has 1 heterocycles. The number of fused-ring (bicyclic) bond motifs is 1. The fourth-order valence-corrected chi connectivity index (χ4v) is 3.05. The number of aryl methyl sites for hydroxylation is 2. The number of hydrogen-bond donors (Lipinski definition) is 0. The molecule has 140 valence electrons. The summed E-state index contributed by atoms with van der Waals surface area (Å²) in [4.78, 5) is 4.54. The zero-order chi connectivity index (χ0) is 19.1. The maximum atomic E-state index is 4.54. The van der Waals surface area contributed by atoms with Crippen molar-refractivity contribution in [1.29, 1.82) is 0 Å². The highest BCUT2D eigenvalue weighted by molar-refractivity contribution is 5.77. The number of allylic oxidation sites excluding steroid dienone is 6. The van der Waals surface area contributed by atoms with E-state index >= 15 is 0 Å². The van der Waals surface area contributed by atoms with E-state index in [1.165, 1.54) is 39.8 Å². The quantitative estimate of drug-likeness (QED) is 0.465. The highest BCUT2D eigenvalue weighted by Gasteiger charge is 2.04. The maximum Gasteiger partial charge on any atom is 0.0961 e. The van der Waals surface area contributed by atoms with Gasteiger partial charge in [-0.15, -0.1) is 0 Å². The van der Waals surface area contributed by atoms with E-state index in [1.807, 2.05) is 6.33 Å². The third-order valence-corrected chi connectivity index (χ3v) is 5.00. The van der Waals surface area contributed by atoms with Gasteiger partial charge in [-0.05, 0) is 90.5 Å². The van der Waals surface area contributed by atoms with Crippen LogP contribution in [-0.2, 0) is 6.54 Å². The first-order chi connectivity index (χ1) is 12.4. The van der Waals surface area contributed by atoms with Crippen LogP contribution in [-0.4, -0.2) is 9.55 Å². The average Bonchev–Trinajstić information content (AvgIpc) is 2.95. The minimum Gasteiger partial charge on any atom is -0.327 e. The van der Waals surface area contributed by atoms with Crippen LogP contribution in [0.5, 0.6) is 0 Å². The van der Waals surface area contributed by atoms with Gasteiger partial charge in [0, 0.05) is 6.54 Å². The number of aromatic nitrogens is 2. The molecule has 0 radical (unpaired) electrons. The molecule has 0 saturated heterocycles. The van der Waals surface area contributed by atoms with Crippen LogP contribution >= 0.6 is 0 Å². The minimum absolute atomic E-state index is 0.897. The topological polar surface area (TPSA) is 17.8 Å². The van der Waals surface area contributed by atoms with E-state index in [0.717, 1.165) is 31.3 Å². The van der Waals surface area contributed by atoms with Crippen LogP contribution in [0.4, 0.5) is 0 Å². The van der Waals surface area contributed by atoms with Crippen molar-refractivity contribution >= 4 is 11.0 Å². The van der Waals surface area contributed by atoms with Crippen molar-refractivity contribution in [2.24, 2.45) is 0 Å². The Morgan fingerprint density at radius 1 is 0.885 bits per heavy atom. The molecule has 26 heavy (non-hydrogen) atoms. The van der Waals surface area contributed by atoms with E-state index in [-0.39, 0.29) is 0 Å². The maximum absolute atomic E-state index is 4.54. The summed E-state index contributed by atoms with van der Waals surface area (Å²) >= 11 is 0. The Hall–Kier alpha value is -2.09. The molecule has 2 nitrogen and oxygen atoms in total. The van der Waals surface area contributed by atoms with E-state index in [4.69, 9.17) is 0 Å². The molecule has 0 N–H and O–H groups in total. The monoisotopic (exact) mass is 350 g/mol. The molecule has 0 bridgehead atoms. The van der Waals surface area contributed by atoms with Crippen molar-refractivity contribution in [3.8, 4) is 0 Å². The van der Waals surface area contributed by atoms with Crippen molar-refractivity contribution in [2.75, 3.05) is 0 Å². The van der Waals surface area contributed by atoms with Gasteiger partial charge < -0.3 is 4.57 Å². The number of hydrogen-bond acceptors (Lipinski definition) is 1. The molecule has 0 aliphatic carbocycles. The summed E-state index contributed by atoms with van der Waals surface area (Å²) < 4.78 is 2.24. The Labute approximate surface area is 159 Å². The van der Waals surface area contributed by atoms with Gasteiger partial charge in [-0.3, -0.25) is 0 Å².